The summed E-state index contributed by atoms with van der Waals surface area (Å²) in [6.45, 7) is 0. The fourth-order valence-electron chi connectivity index (χ4n) is 14.5. The predicted molar refractivity (Wildman–Crippen MR) is 350 cm³/mol. The molecule has 0 radical (unpaired) electrons. The minimum Gasteiger partial charge on any atom is -0.309 e. The molecule has 13 aromatic carbocycles. The molecule has 2 heterocycles. The normalized spacial score (nSPS) is 16.0. The highest BCUT2D eigenvalue weighted by molar-refractivity contribution is 7.20. The van der Waals surface area contributed by atoms with Gasteiger partial charge in [0.15, 0.2) is 8.07 Å². The first kappa shape index (κ1) is 38.3. The van der Waals surface area contributed by atoms with Crippen molar-refractivity contribution >= 4 is 72.4 Å². The number of para-hydroxylation sites is 3. The van der Waals surface area contributed by atoms with Crippen LogP contribution in [0.25, 0.3) is 88.4 Å². The Morgan fingerprint density at radius 3 is 1.35 bits per heavy atom. The van der Waals surface area contributed by atoms with Crippen molar-refractivity contribution in [3.8, 4) is 44.8 Å². The highest BCUT2D eigenvalue weighted by Gasteiger charge is 2.50. The van der Waals surface area contributed by atoms with Crippen LogP contribution in [0.2, 0.25) is 0 Å². The van der Waals surface area contributed by atoms with Gasteiger partial charge in [-0.2, -0.15) is 0 Å². The van der Waals surface area contributed by atoms with Gasteiger partial charge in [0.05, 0.1) is 41.5 Å². The van der Waals surface area contributed by atoms with Gasteiger partial charge in [0.2, 0.25) is 0 Å². The van der Waals surface area contributed by atoms with Crippen LogP contribution in [0.3, 0.4) is 0 Å². The summed E-state index contributed by atoms with van der Waals surface area (Å²) in [6.07, 6.45) is 0. The monoisotopic (exact) mass is 1080 g/mol. The van der Waals surface area contributed by atoms with Crippen LogP contribution < -0.4 is 20.7 Å². The number of benzene rings is 13. The van der Waals surface area contributed by atoms with E-state index >= 15 is 0 Å². The van der Waals surface area contributed by atoms with Crippen LogP contribution in [-0.4, -0.2) is 17.2 Å². The van der Waals surface area contributed by atoms with Crippen molar-refractivity contribution in [2.75, 3.05) is 0 Å². The number of rotatable bonds is 9. The summed E-state index contributed by atoms with van der Waals surface area (Å²) in [5.74, 6) is -0.538. The van der Waals surface area contributed by atoms with Crippen LogP contribution in [0.4, 0.5) is 0 Å². The first-order chi connectivity index (χ1) is 45.3. The van der Waals surface area contributed by atoms with Crippen molar-refractivity contribution < 1.29 is 13.7 Å². The average Bonchev–Trinajstić information content (AvgIpc) is 1.06. The second-order valence-electron chi connectivity index (χ2n) is 21.9. The lowest BCUT2D eigenvalue weighted by atomic mass is 9.60. The molecule has 0 spiro atoms. The number of fused-ring (bicyclic) bond motifs is 6. The second kappa shape index (κ2) is 18.9. The Kier molecular flexibility index (Phi) is 8.73. The third-order valence-electron chi connectivity index (χ3n) is 17.8. The lowest BCUT2D eigenvalue weighted by Crippen LogP contribution is -2.75. The molecule has 18 rings (SSSR count). The van der Waals surface area contributed by atoms with Crippen molar-refractivity contribution in [1.82, 2.24) is 9.13 Å². The molecule has 15 aromatic rings. The Morgan fingerprint density at radius 1 is 0.289 bits per heavy atom. The summed E-state index contributed by atoms with van der Waals surface area (Å²) >= 11 is 0. The van der Waals surface area contributed by atoms with Gasteiger partial charge in [-0.3, -0.25) is 0 Å². The van der Waals surface area contributed by atoms with E-state index in [2.05, 4.69) is 209 Å². The van der Waals surface area contributed by atoms with E-state index in [4.69, 9.17) is 8.22 Å². The largest absolute Gasteiger partial charge is 0.309 e. The van der Waals surface area contributed by atoms with Crippen LogP contribution in [0.5, 0.6) is 0 Å². The Balaban J connectivity index is 0.922. The standard InChI is InChI=1S/C80H54N2Si/c1-5-23-53(24-6-1)55-27-19-33-61(49-55)83(60-31-11-4-12-32-60,62-34-20-28-56(50-62)54-25-7-2-8-26-54)76-44-22-40-68-77-65-37-13-14-38-66(65)80(79(68)76)78-67(77)39-21-43-75(78)82-72-42-18-16-36-64(72)70-52-58(46-48-74(70)82)57-45-47-73-69(51-57)63-35-15-17-41-71(63)81(73)59-29-9-3-10-30-59/h1-52,77,80H/i1D,2D,5D,6D,7D,8D,23D,24D,25D,26D. The summed E-state index contributed by atoms with van der Waals surface area (Å²) in [6, 6.07) is 86.0. The number of aromatic nitrogens is 2. The van der Waals surface area contributed by atoms with Gasteiger partial charge in [-0.05, 0) is 142 Å². The first-order valence-corrected chi connectivity index (χ1v) is 30.2. The Bertz CT molecular complexity index is 5510. The van der Waals surface area contributed by atoms with Crippen molar-refractivity contribution in [3.63, 3.8) is 0 Å². The fraction of sp³-hybridized carbons (Fsp3) is 0.0250. The van der Waals surface area contributed by atoms with Crippen molar-refractivity contribution in [2.45, 2.75) is 11.8 Å². The van der Waals surface area contributed by atoms with E-state index in [0.717, 1.165) is 87.2 Å². The number of hydrogen-bond donors (Lipinski definition) is 0. The van der Waals surface area contributed by atoms with Crippen molar-refractivity contribution in [2.24, 2.45) is 0 Å². The Labute approximate surface area is 498 Å². The molecule has 2 nitrogen and oxygen atoms in total. The van der Waals surface area contributed by atoms with Gasteiger partial charge in [0, 0.05) is 39.1 Å². The maximum absolute atomic E-state index is 9.29. The highest BCUT2D eigenvalue weighted by Crippen LogP contribution is 2.57. The molecule has 0 amide bonds. The molecule has 2 atom stereocenters. The van der Waals surface area contributed by atoms with Gasteiger partial charge in [0.25, 0.3) is 0 Å². The number of nitrogens with zero attached hydrogens (tertiary/aromatic N) is 2. The molecule has 0 fully saturated rings. The molecule has 83 heavy (non-hydrogen) atoms. The van der Waals surface area contributed by atoms with Gasteiger partial charge in [-0.25, -0.2) is 0 Å². The first-order valence-electron chi connectivity index (χ1n) is 33.2. The summed E-state index contributed by atoms with van der Waals surface area (Å²) in [5.41, 5.74) is 17.0. The fourth-order valence-corrected chi connectivity index (χ4v) is 19.6. The molecular formula is C80H54N2Si. The molecule has 3 heteroatoms. The van der Waals surface area contributed by atoms with Crippen molar-refractivity contribution in [3.05, 3.63) is 349 Å². The zero-order chi connectivity index (χ0) is 63.3. The second-order valence-corrected chi connectivity index (χ2v) is 25.6. The molecule has 2 bridgehead atoms. The third kappa shape index (κ3) is 7.15. The van der Waals surface area contributed by atoms with Gasteiger partial charge in [0.1, 0.15) is 0 Å². The topological polar surface area (TPSA) is 9.86 Å². The lowest BCUT2D eigenvalue weighted by molar-refractivity contribution is 0.752. The summed E-state index contributed by atoms with van der Waals surface area (Å²) in [7, 11) is -3.91. The third-order valence-corrected chi connectivity index (χ3v) is 22.6. The maximum Gasteiger partial charge on any atom is 0.179 e. The van der Waals surface area contributed by atoms with Crippen LogP contribution in [-0.2, 0) is 0 Å². The lowest BCUT2D eigenvalue weighted by Gasteiger charge is -2.47. The van der Waals surface area contributed by atoms with E-state index in [1.165, 1.54) is 33.0 Å². The quantitative estimate of drug-likeness (QED) is 0.101. The molecular weight excluding hydrogens is 1020 g/mol. The van der Waals surface area contributed by atoms with E-state index in [-0.39, 0.29) is 47.1 Å². The minimum atomic E-state index is -3.91. The van der Waals surface area contributed by atoms with E-state index in [1.54, 1.807) is 0 Å². The highest BCUT2D eigenvalue weighted by atomic mass is 28.3. The SMILES string of the molecule is [2H]c1c([2H])c([2H])c(-c2cccc([Si](c3ccccc3)(c3cccc(-c4c([2H])c([2H])c([2H])c([2H])c4[2H])c3)c3cccc4c3C3c5ccccc5C4c4cccc(-n5c6ccccc6c6cc(-c7ccc8c(c7)c7ccccc7n8-c7ccccc7)ccc65)c43)c2)c([2H])c1[2H]. The van der Waals surface area contributed by atoms with E-state index in [0.29, 0.717) is 11.1 Å². The van der Waals surface area contributed by atoms with Gasteiger partial charge >= 0.3 is 0 Å². The van der Waals surface area contributed by atoms with E-state index < -0.39 is 44.3 Å². The molecule has 2 aromatic heterocycles. The van der Waals surface area contributed by atoms with Gasteiger partial charge < -0.3 is 9.13 Å². The average molecular weight is 1080 g/mol. The maximum atomic E-state index is 9.29. The summed E-state index contributed by atoms with van der Waals surface area (Å²) in [4.78, 5) is 0. The smallest absolute Gasteiger partial charge is 0.179 e. The van der Waals surface area contributed by atoms with Crippen LogP contribution in [0.15, 0.2) is 315 Å². The summed E-state index contributed by atoms with van der Waals surface area (Å²) < 4.78 is 94.4. The minimum absolute atomic E-state index is 0.0832. The molecule has 2 unspecified atom stereocenters. The zero-order valence-corrected chi connectivity index (χ0v) is 45.8. The van der Waals surface area contributed by atoms with Crippen LogP contribution >= 0.6 is 0 Å². The van der Waals surface area contributed by atoms with E-state index in [1.807, 2.05) is 54.6 Å². The molecule has 0 aliphatic heterocycles. The number of hydrogen-bond acceptors (Lipinski definition) is 0. The molecule has 3 aliphatic carbocycles. The molecule has 0 saturated carbocycles. The Hall–Kier alpha value is -10.3. The Morgan fingerprint density at radius 2 is 0.735 bits per heavy atom. The van der Waals surface area contributed by atoms with Crippen molar-refractivity contribution in [1.29, 1.82) is 0 Å². The molecule has 0 saturated heterocycles. The van der Waals surface area contributed by atoms with Gasteiger partial charge in [-0.15, -0.1) is 0 Å². The molecule has 0 N–H and O–H groups in total. The summed E-state index contributed by atoms with van der Waals surface area (Å²) in [5, 5.41) is 8.38. The van der Waals surface area contributed by atoms with Crippen LogP contribution in [0.1, 0.15) is 58.9 Å². The van der Waals surface area contributed by atoms with Gasteiger partial charge in [-0.1, -0.05) is 261 Å². The predicted octanol–water partition coefficient (Wildman–Crippen LogP) is 17.2. The molecule has 3 aliphatic rings. The molecule has 388 valence electrons. The van der Waals surface area contributed by atoms with Crippen LogP contribution in [0, 0.1) is 0 Å². The van der Waals surface area contributed by atoms with E-state index in [9.17, 15) is 5.48 Å². The zero-order valence-electron chi connectivity index (χ0n) is 54.8.